The van der Waals surface area contributed by atoms with Crippen LogP contribution in [0.4, 0.5) is 0 Å². The van der Waals surface area contributed by atoms with Crippen molar-refractivity contribution in [2.75, 3.05) is 13.2 Å². The number of aliphatic hydroxyl groups excluding tert-OH is 1. The molecule has 0 radical (unpaired) electrons. The maximum absolute atomic E-state index is 9.58. The summed E-state index contributed by atoms with van der Waals surface area (Å²) in [6.07, 6.45) is -0.617. The summed E-state index contributed by atoms with van der Waals surface area (Å²) >= 11 is 0. The number of nitrogens with one attached hydrogen (secondary N) is 1. The van der Waals surface area contributed by atoms with E-state index in [9.17, 15) is 10.2 Å². The summed E-state index contributed by atoms with van der Waals surface area (Å²) in [4.78, 5) is 0. The Morgan fingerprint density at radius 2 is 1.94 bits per heavy atom. The van der Waals surface area contributed by atoms with Gasteiger partial charge in [-0.05, 0) is 12.1 Å². The molecule has 0 fully saturated rings. The van der Waals surface area contributed by atoms with Gasteiger partial charge in [-0.3, -0.25) is 0 Å². The molecule has 0 saturated carbocycles. The first-order chi connectivity index (χ1) is 7.99. The first-order valence-corrected chi connectivity index (χ1v) is 5.55. The van der Waals surface area contributed by atoms with Gasteiger partial charge in [-0.15, -0.1) is 0 Å². The van der Waals surface area contributed by atoms with E-state index in [0.29, 0.717) is 18.3 Å². The normalized spacial score (nSPS) is 12.7. The van der Waals surface area contributed by atoms with Gasteiger partial charge < -0.3 is 25.4 Å². The largest absolute Gasteiger partial charge is 0.504 e. The van der Waals surface area contributed by atoms with Gasteiger partial charge in [-0.2, -0.15) is 0 Å². The molecule has 0 spiro atoms. The highest BCUT2D eigenvalue weighted by Crippen LogP contribution is 2.28. The zero-order chi connectivity index (χ0) is 12.8. The van der Waals surface area contributed by atoms with E-state index in [1.54, 1.807) is 0 Å². The molecular weight excluding hydrogens is 222 g/mol. The number of aliphatic hydroxyl groups is 1. The second-order valence-corrected chi connectivity index (χ2v) is 4.18. The molecule has 17 heavy (non-hydrogen) atoms. The molecule has 96 valence electrons. The Labute approximate surface area is 101 Å². The van der Waals surface area contributed by atoms with Crippen LogP contribution in [-0.2, 0) is 0 Å². The summed E-state index contributed by atoms with van der Waals surface area (Å²) in [5.41, 5.74) is 0. The molecule has 0 heterocycles. The topological polar surface area (TPSA) is 82.0 Å². The van der Waals surface area contributed by atoms with Crippen LogP contribution in [0.3, 0.4) is 0 Å². The Kier molecular flexibility index (Phi) is 5.06. The van der Waals surface area contributed by atoms with Crippen LogP contribution in [0.2, 0.25) is 0 Å². The van der Waals surface area contributed by atoms with E-state index in [-0.39, 0.29) is 18.1 Å². The van der Waals surface area contributed by atoms with Crippen molar-refractivity contribution in [3.05, 3.63) is 18.2 Å². The van der Waals surface area contributed by atoms with Crippen molar-refractivity contribution < 1.29 is 20.1 Å². The third-order valence-corrected chi connectivity index (χ3v) is 2.15. The molecule has 4 N–H and O–H groups in total. The predicted molar refractivity (Wildman–Crippen MR) is 64.4 cm³/mol. The van der Waals surface area contributed by atoms with E-state index < -0.39 is 6.10 Å². The second-order valence-electron chi connectivity index (χ2n) is 4.18. The van der Waals surface area contributed by atoms with Crippen molar-refractivity contribution in [2.45, 2.75) is 26.0 Å². The Morgan fingerprint density at radius 1 is 1.24 bits per heavy atom. The number of phenols is 2. The molecule has 5 heteroatoms. The lowest BCUT2D eigenvalue weighted by Gasteiger charge is -2.15. The average molecular weight is 241 g/mol. The molecule has 1 atom stereocenters. The van der Waals surface area contributed by atoms with Crippen LogP contribution in [0.15, 0.2) is 18.2 Å². The lowest BCUT2D eigenvalue weighted by molar-refractivity contribution is 0.104. The standard InChI is InChI=1S/C12H19NO4/c1-8(2)13-6-9(14)7-17-10-3-4-11(15)12(16)5-10/h3-5,8-9,13-16H,6-7H2,1-2H3/t9-/m0/s1. The van der Waals surface area contributed by atoms with Gasteiger partial charge in [-0.1, -0.05) is 13.8 Å². The molecule has 0 aliphatic heterocycles. The van der Waals surface area contributed by atoms with Gasteiger partial charge in [0, 0.05) is 18.7 Å². The Balaban J connectivity index is 2.36. The van der Waals surface area contributed by atoms with E-state index in [1.165, 1.54) is 18.2 Å². The fraction of sp³-hybridized carbons (Fsp3) is 0.500. The molecule has 0 aliphatic rings. The lowest BCUT2D eigenvalue weighted by Crippen LogP contribution is -2.35. The zero-order valence-corrected chi connectivity index (χ0v) is 10.1. The number of aromatic hydroxyl groups is 2. The van der Waals surface area contributed by atoms with E-state index in [2.05, 4.69) is 5.32 Å². The van der Waals surface area contributed by atoms with Crippen molar-refractivity contribution in [1.82, 2.24) is 5.32 Å². The van der Waals surface area contributed by atoms with E-state index in [4.69, 9.17) is 9.84 Å². The van der Waals surface area contributed by atoms with Gasteiger partial charge >= 0.3 is 0 Å². The van der Waals surface area contributed by atoms with E-state index >= 15 is 0 Å². The molecule has 5 nitrogen and oxygen atoms in total. The van der Waals surface area contributed by atoms with Crippen molar-refractivity contribution in [3.63, 3.8) is 0 Å². The first-order valence-electron chi connectivity index (χ1n) is 5.55. The number of hydrogen-bond acceptors (Lipinski definition) is 5. The summed E-state index contributed by atoms with van der Waals surface area (Å²) in [7, 11) is 0. The van der Waals surface area contributed by atoms with Crippen LogP contribution in [-0.4, -0.2) is 40.6 Å². The van der Waals surface area contributed by atoms with Crippen LogP contribution in [0, 0.1) is 0 Å². The highest BCUT2D eigenvalue weighted by Gasteiger charge is 2.07. The van der Waals surface area contributed by atoms with Crippen molar-refractivity contribution >= 4 is 0 Å². The van der Waals surface area contributed by atoms with Crippen molar-refractivity contribution in [2.24, 2.45) is 0 Å². The van der Waals surface area contributed by atoms with Gasteiger partial charge in [0.1, 0.15) is 18.5 Å². The Hall–Kier alpha value is -1.46. The molecule has 0 saturated heterocycles. The number of phenolic OH excluding ortho intramolecular Hbond substituents is 2. The average Bonchev–Trinajstić information content (AvgIpc) is 2.28. The Morgan fingerprint density at radius 3 is 2.53 bits per heavy atom. The second kappa shape index (κ2) is 6.32. The van der Waals surface area contributed by atoms with Crippen molar-refractivity contribution in [3.8, 4) is 17.2 Å². The molecular formula is C12H19NO4. The molecule has 1 aromatic carbocycles. The van der Waals surface area contributed by atoms with Gasteiger partial charge in [0.05, 0.1) is 0 Å². The summed E-state index contributed by atoms with van der Waals surface area (Å²) < 4.78 is 5.27. The number of ether oxygens (including phenoxy) is 1. The summed E-state index contributed by atoms with van der Waals surface area (Å²) in [5, 5.41) is 31.0. The third kappa shape index (κ3) is 4.93. The highest BCUT2D eigenvalue weighted by molar-refractivity contribution is 5.43. The number of benzene rings is 1. The molecule has 1 aromatic rings. The van der Waals surface area contributed by atoms with Crippen LogP contribution in [0.25, 0.3) is 0 Å². The quantitative estimate of drug-likeness (QED) is 0.555. The molecule has 0 bridgehead atoms. The smallest absolute Gasteiger partial charge is 0.161 e. The molecule has 0 unspecified atom stereocenters. The van der Waals surface area contributed by atoms with E-state index in [0.717, 1.165) is 0 Å². The highest BCUT2D eigenvalue weighted by atomic mass is 16.5. The van der Waals surface area contributed by atoms with Crippen LogP contribution in [0.5, 0.6) is 17.2 Å². The van der Waals surface area contributed by atoms with Gasteiger partial charge in [0.25, 0.3) is 0 Å². The first kappa shape index (κ1) is 13.6. The van der Waals surface area contributed by atoms with Crippen LogP contribution >= 0.6 is 0 Å². The SMILES string of the molecule is CC(C)NC[C@H](O)COc1ccc(O)c(O)c1. The minimum absolute atomic E-state index is 0.129. The molecule has 0 aliphatic carbocycles. The molecule has 0 amide bonds. The fourth-order valence-corrected chi connectivity index (χ4v) is 1.22. The van der Waals surface area contributed by atoms with Gasteiger partial charge in [0.2, 0.25) is 0 Å². The van der Waals surface area contributed by atoms with Crippen molar-refractivity contribution in [1.29, 1.82) is 0 Å². The monoisotopic (exact) mass is 241 g/mol. The maximum atomic E-state index is 9.58. The Bertz CT molecular complexity index is 354. The summed E-state index contributed by atoms with van der Waals surface area (Å²) in [6.45, 7) is 4.56. The minimum atomic E-state index is -0.617. The third-order valence-electron chi connectivity index (χ3n) is 2.15. The van der Waals surface area contributed by atoms with Gasteiger partial charge in [0.15, 0.2) is 11.5 Å². The van der Waals surface area contributed by atoms with Gasteiger partial charge in [-0.25, -0.2) is 0 Å². The number of rotatable bonds is 6. The van der Waals surface area contributed by atoms with Crippen LogP contribution in [0.1, 0.15) is 13.8 Å². The summed E-state index contributed by atoms with van der Waals surface area (Å²) in [5.74, 6) is -0.0273. The maximum Gasteiger partial charge on any atom is 0.161 e. The number of hydrogen-bond donors (Lipinski definition) is 4. The zero-order valence-electron chi connectivity index (χ0n) is 10.1. The molecule has 1 rings (SSSR count). The predicted octanol–water partition coefficient (Wildman–Crippen LogP) is 0.835. The minimum Gasteiger partial charge on any atom is -0.504 e. The summed E-state index contributed by atoms with van der Waals surface area (Å²) in [6, 6.07) is 4.47. The lowest BCUT2D eigenvalue weighted by atomic mass is 10.3. The molecule has 0 aromatic heterocycles. The van der Waals surface area contributed by atoms with E-state index in [1.807, 2.05) is 13.8 Å². The fourth-order valence-electron chi connectivity index (χ4n) is 1.22. The van der Waals surface area contributed by atoms with Crippen LogP contribution < -0.4 is 10.1 Å².